The van der Waals surface area contributed by atoms with Crippen LogP contribution in [0, 0.1) is 0 Å². The summed E-state index contributed by atoms with van der Waals surface area (Å²) in [6.07, 6.45) is -19.7. The molecular weight excluding hydrogens is 289 g/mol. The van der Waals surface area contributed by atoms with Gasteiger partial charge in [-0.1, -0.05) is 11.8 Å². The highest BCUT2D eigenvalue weighted by atomic mass is 32.2. The molecule has 0 amide bonds. The van der Waals surface area contributed by atoms with Crippen molar-refractivity contribution in [1.29, 1.82) is 0 Å². The zero-order chi connectivity index (χ0) is 14.5. The number of halogens is 7. The predicted octanol–water partition coefficient (Wildman–Crippen LogP) is 3.57. The number of alkyl halides is 7. The molecule has 0 saturated carbocycles. The van der Waals surface area contributed by atoms with Gasteiger partial charge in [0.05, 0.1) is 0 Å². The molecule has 0 aliphatic rings. The minimum absolute atomic E-state index is 0.216. The van der Waals surface area contributed by atoms with E-state index in [4.69, 9.17) is 0 Å². The van der Waals surface area contributed by atoms with E-state index in [9.17, 15) is 35.5 Å². The Morgan fingerprint density at radius 2 is 1.61 bits per heavy atom. The number of thioether (sulfide) groups is 1. The SMILES string of the molecule is CC(=O)SCCC(F)C(F)C(F)C(F)C(F)(F)F. The van der Waals surface area contributed by atoms with Crippen LogP contribution in [0.3, 0.4) is 0 Å². The molecule has 0 rings (SSSR count). The van der Waals surface area contributed by atoms with Crippen molar-refractivity contribution in [3.05, 3.63) is 0 Å². The van der Waals surface area contributed by atoms with Gasteiger partial charge in [0.2, 0.25) is 6.17 Å². The second kappa shape index (κ2) is 7.20. The predicted molar refractivity (Wildman–Crippen MR) is 53.4 cm³/mol. The van der Waals surface area contributed by atoms with Gasteiger partial charge < -0.3 is 0 Å². The zero-order valence-corrected chi connectivity index (χ0v) is 10.0. The Labute approximate surface area is 103 Å². The standard InChI is InChI=1S/C9H11F7OS/c1-4(17)18-3-2-5(10)6(11)7(12)8(13)9(14,15)16/h5-8H,2-3H2,1H3. The first-order chi connectivity index (χ1) is 8.07. The van der Waals surface area contributed by atoms with Gasteiger partial charge in [-0.15, -0.1) is 0 Å². The van der Waals surface area contributed by atoms with Gasteiger partial charge in [-0.25, -0.2) is 17.6 Å². The topological polar surface area (TPSA) is 17.1 Å². The summed E-state index contributed by atoms with van der Waals surface area (Å²) in [4.78, 5) is 10.4. The molecule has 4 atom stereocenters. The first kappa shape index (κ1) is 17.5. The lowest BCUT2D eigenvalue weighted by Gasteiger charge is -2.21. The molecule has 0 N–H and O–H groups in total. The van der Waals surface area contributed by atoms with E-state index in [0.717, 1.165) is 6.92 Å². The molecule has 0 aromatic carbocycles. The summed E-state index contributed by atoms with van der Waals surface area (Å²) in [5.41, 5.74) is 0. The lowest BCUT2D eigenvalue weighted by atomic mass is 10.1. The second-order valence-electron chi connectivity index (χ2n) is 3.48. The largest absolute Gasteiger partial charge is 0.422 e. The number of carbonyl (C=O) groups excluding carboxylic acids is 1. The van der Waals surface area contributed by atoms with Crippen LogP contribution in [0.25, 0.3) is 0 Å². The molecule has 0 aromatic rings. The fourth-order valence-electron chi connectivity index (χ4n) is 1.02. The molecule has 0 spiro atoms. The first-order valence-electron chi connectivity index (χ1n) is 4.83. The van der Waals surface area contributed by atoms with Crippen molar-refractivity contribution in [3.63, 3.8) is 0 Å². The Kier molecular flexibility index (Phi) is 7.01. The maximum atomic E-state index is 13.0. The van der Waals surface area contributed by atoms with Crippen molar-refractivity contribution in [2.24, 2.45) is 0 Å². The molecule has 108 valence electrons. The van der Waals surface area contributed by atoms with Crippen molar-refractivity contribution in [3.8, 4) is 0 Å². The summed E-state index contributed by atoms with van der Waals surface area (Å²) < 4.78 is 86.2. The molecule has 0 aromatic heterocycles. The van der Waals surface area contributed by atoms with E-state index in [0.29, 0.717) is 11.8 Å². The van der Waals surface area contributed by atoms with Gasteiger partial charge in [0, 0.05) is 12.7 Å². The number of carbonyl (C=O) groups is 1. The van der Waals surface area contributed by atoms with Gasteiger partial charge in [-0.3, -0.25) is 4.79 Å². The molecule has 9 heteroatoms. The molecule has 0 aliphatic carbocycles. The van der Waals surface area contributed by atoms with Gasteiger partial charge in [0.1, 0.15) is 6.17 Å². The number of hydrogen-bond donors (Lipinski definition) is 0. The van der Waals surface area contributed by atoms with Crippen LogP contribution in [-0.4, -0.2) is 41.7 Å². The highest BCUT2D eigenvalue weighted by Crippen LogP contribution is 2.31. The third-order valence-corrected chi connectivity index (χ3v) is 2.79. The Morgan fingerprint density at radius 3 is 2.00 bits per heavy atom. The quantitative estimate of drug-likeness (QED) is 0.698. The van der Waals surface area contributed by atoms with E-state index in [1.807, 2.05) is 0 Å². The molecule has 0 aliphatic heterocycles. The van der Waals surface area contributed by atoms with Crippen molar-refractivity contribution in [2.75, 3.05) is 5.75 Å². The lowest BCUT2D eigenvalue weighted by Crippen LogP contribution is -2.42. The Balaban J connectivity index is 4.27. The van der Waals surface area contributed by atoms with Crippen molar-refractivity contribution < 1.29 is 35.5 Å². The lowest BCUT2D eigenvalue weighted by molar-refractivity contribution is -0.204. The smallest absolute Gasteiger partial charge is 0.288 e. The summed E-state index contributed by atoms with van der Waals surface area (Å²) >= 11 is 0.619. The normalized spacial score (nSPS) is 19.1. The zero-order valence-electron chi connectivity index (χ0n) is 9.19. The molecule has 4 unspecified atom stereocenters. The third-order valence-electron chi connectivity index (χ3n) is 1.94. The fraction of sp³-hybridized carbons (Fsp3) is 0.889. The maximum absolute atomic E-state index is 13.0. The van der Waals surface area contributed by atoms with E-state index in [-0.39, 0.29) is 5.75 Å². The summed E-state index contributed by atoms with van der Waals surface area (Å²) in [6.45, 7) is 1.16. The summed E-state index contributed by atoms with van der Waals surface area (Å²) in [7, 11) is 0. The molecular formula is C9H11F7OS. The second-order valence-corrected chi connectivity index (χ2v) is 4.75. The van der Waals surface area contributed by atoms with E-state index in [1.165, 1.54) is 0 Å². The molecule has 0 fully saturated rings. The van der Waals surface area contributed by atoms with Gasteiger partial charge in [0.15, 0.2) is 17.5 Å². The van der Waals surface area contributed by atoms with Gasteiger partial charge in [-0.05, 0) is 6.42 Å². The van der Waals surface area contributed by atoms with Crippen molar-refractivity contribution in [1.82, 2.24) is 0 Å². The van der Waals surface area contributed by atoms with E-state index < -0.39 is 42.4 Å². The summed E-state index contributed by atoms with van der Waals surface area (Å²) in [5, 5.41) is -0.395. The Morgan fingerprint density at radius 1 is 1.11 bits per heavy atom. The molecule has 0 bridgehead atoms. The van der Waals surface area contributed by atoms with Crippen LogP contribution < -0.4 is 0 Å². The minimum atomic E-state index is -5.57. The average Bonchev–Trinajstić information content (AvgIpc) is 2.24. The molecule has 0 heterocycles. The van der Waals surface area contributed by atoms with Gasteiger partial charge in [-0.2, -0.15) is 13.2 Å². The van der Waals surface area contributed by atoms with Crippen molar-refractivity contribution >= 4 is 16.9 Å². The summed E-state index contributed by atoms with van der Waals surface area (Å²) in [6, 6.07) is 0. The highest BCUT2D eigenvalue weighted by Gasteiger charge is 2.50. The minimum Gasteiger partial charge on any atom is -0.288 e. The highest BCUT2D eigenvalue weighted by molar-refractivity contribution is 8.13. The molecule has 0 radical (unpaired) electrons. The van der Waals surface area contributed by atoms with E-state index >= 15 is 0 Å². The van der Waals surface area contributed by atoms with Crippen molar-refractivity contribution in [2.45, 2.75) is 44.2 Å². The van der Waals surface area contributed by atoms with Crippen LogP contribution in [0.4, 0.5) is 30.7 Å². The summed E-state index contributed by atoms with van der Waals surface area (Å²) in [5.74, 6) is -0.216. The van der Waals surface area contributed by atoms with Crippen LogP contribution in [-0.2, 0) is 4.79 Å². The number of rotatable bonds is 6. The van der Waals surface area contributed by atoms with Crippen LogP contribution in [0.2, 0.25) is 0 Å². The molecule has 1 nitrogen and oxygen atoms in total. The maximum Gasteiger partial charge on any atom is 0.422 e. The van der Waals surface area contributed by atoms with E-state index in [2.05, 4.69) is 0 Å². The monoisotopic (exact) mass is 300 g/mol. The third kappa shape index (κ3) is 5.92. The molecule has 0 saturated heterocycles. The van der Waals surface area contributed by atoms with Crippen LogP contribution >= 0.6 is 11.8 Å². The van der Waals surface area contributed by atoms with E-state index in [1.54, 1.807) is 0 Å². The van der Waals surface area contributed by atoms with Crippen LogP contribution in [0.15, 0.2) is 0 Å². The Bertz CT molecular complexity index is 270. The first-order valence-corrected chi connectivity index (χ1v) is 5.82. The number of hydrogen-bond acceptors (Lipinski definition) is 2. The van der Waals surface area contributed by atoms with Gasteiger partial charge >= 0.3 is 6.18 Å². The van der Waals surface area contributed by atoms with Crippen LogP contribution in [0.5, 0.6) is 0 Å². The average molecular weight is 300 g/mol. The fourth-order valence-corrected chi connectivity index (χ4v) is 1.65. The van der Waals surface area contributed by atoms with Crippen LogP contribution in [0.1, 0.15) is 13.3 Å². The Hall–Kier alpha value is -0.470. The molecule has 18 heavy (non-hydrogen) atoms. The van der Waals surface area contributed by atoms with Gasteiger partial charge in [0.25, 0.3) is 0 Å².